The molecule has 0 bridgehead atoms. The average Bonchev–Trinajstić information content (AvgIpc) is 2.28. The van der Waals surface area contributed by atoms with E-state index >= 15 is 0 Å². The van der Waals surface area contributed by atoms with Crippen molar-refractivity contribution in [3.8, 4) is 5.75 Å². The number of benzene rings is 1. The molecule has 0 fully saturated rings. The van der Waals surface area contributed by atoms with E-state index in [1.807, 2.05) is 0 Å². The summed E-state index contributed by atoms with van der Waals surface area (Å²) in [5.74, 6) is 0.353. The van der Waals surface area contributed by atoms with Gasteiger partial charge in [0.05, 0.1) is 0 Å². The quantitative estimate of drug-likeness (QED) is 0.602. The van der Waals surface area contributed by atoms with Crippen molar-refractivity contribution in [1.82, 2.24) is 0 Å². The molecule has 0 aliphatic carbocycles. The third kappa shape index (κ3) is 4.45. The van der Waals surface area contributed by atoms with Gasteiger partial charge in [-0.25, -0.2) is 4.57 Å². The summed E-state index contributed by atoms with van der Waals surface area (Å²) >= 11 is 10.6. The summed E-state index contributed by atoms with van der Waals surface area (Å²) in [7, 11) is -2.53. The molecule has 0 saturated carbocycles. The van der Waals surface area contributed by atoms with E-state index in [1.165, 1.54) is 7.11 Å². The summed E-state index contributed by atoms with van der Waals surface area (Å²) in [5.41, 5.74) is 0. The van der Waals surface area contributed by atoms with Crippen LogP contribution in [0.3, 0.4) is 0 Å². The predicted octanol–water partition coefficient (Wildman–Crippen LogP) is 4.11. The van der Waals surface area contributed by atoms with Gasteiger partial charge in [0.2, 0.25) is 0 Å². The number of para-hydroxylation sites is 1. The van der Waals surface area contributed by atoms with E-state index in [1.54, 1.807) is 30.3 Å². The fourth-order valence-electron chi connectivity index (χ4n) is 0.817. The molecule has 7 heteroatoms. The Balaban J connectivity index is 2.75. The molecule has 16 heavy (non-hydrogen) atoms. The van der Waals surface area contributed by atoms with Crippen molar-refractivity contribution in [3.05, 3.63) is 41.1 Å². The van der Waals surface area contributed by atoms with Gasteiger partial charge in [0.15, 0.2) is 0 Å². The Morgan fingerprint density at radius 2 is 1.94 bits per heavy atom. The van der Waals surface area contributed by atoms with Crippen LogP contribution >= 0.6 is 31.0 Å². The third-order valence-corrected chi connectivity index (χ3v) is 2.88. The highest BCUT2D eigenvalue weighted by Gasteiger charge is 2.27. The topological polar surface area (TPSA) is 44.8 Å². The highest BCUT2D eigenvalue weighted by Crippen LogP contribution is 2.49. The van der Waals surface area contributed by atoms with Crippen LogP contribution in [0.4, 0.5) is 0 Å². The molecule has 0 spiro atoms. The summed E-state index contributed by atoms with van der Waals surface area (Å²) in [6, 6.07) is 8.46. The van der Waals surface area contributed by atoms with Crippen molar-refractivity contribution in [2.45, 2.75) is 0 Å². The molecule has 0 aliphatic rings. The van der Waals surface area contributed by atoms with Crippen LogP contribution in [-0.2, 0) is 13.6 Å². The minimum Gasteiger partial charge on any atom is -0.400 e. The molecular weight excluding hydrogens is 274 g/mol. The Morgan fingerprint density at radius 3 is 2.44 bits per heavy atom. The maximum absolute atomic E-state index is 11.8. The number of hydrogen-bond acceptors (Lipinski definition) is 4. The van der Waals surface area contributed by atoms with Gasteiger partial charge >= 0.3 is 7.82 Å². The molecule has 1 unspecified atom stereocenters. The maximum atomic E-state index is 11.8. The normalized spacial score (nSPS) is 13.7. The lowest BCUT2D eigenvalue weighted by Crippen LogP contribution is -1.96. The van der Waals surface area contributed by atoms with Crippen molar-refractivity contribution in [1.29, 1.82) is 0 Å². The maximum Gasteiger partial charge on any atom is 0.586 e. The van der Waals surface area contributed by atoms with E-state index in [9.17, 15) is 4.57 Å². The van der Waals surface area contributed by atoms with Crippen molar-refractivity contribution in [2.75, 3.05) is 7.11 Å². The molecule has 0 radical (unpaired) electrons. The number of rotatable bonds is 5. The Morgan fingerprint density at radius 1 is 1.31 bits per heavy atom. The zero-order chi connectivity index (χ0) is 12.0. The second kappa shape index (κ2) is 6.16. The van der Waals surface area contributed by atoms with Gasteiger partial charge < -0.3 is 9.05 Å². The first-order chi connectivity index (χ1) is 7.56. The summed E-state index contributed by atoms with van der Waals surface area (Å²) in [5, 5.41) is 0. The van der Waals surface area contributed by atoms with Crippen LogP contribution < -0.4 is 4.52 Å². The smallest absolute Gasteiger partial charge is 0.400 e. The molecule has 0 aliphatic heterocycles. The first-order valence-electron chi connectivity index (χ1n) is 4.16. The van der Waals surface area contributed by atoms with E-state index in [0.29, 0.717) is 5.75 Å². The summed E-state index contributed by atoms with van der Waals surface area (Å²) in [6.45, 7) is 0. The molecule has 0 amide bonds. The van der Waals surface area contributed by atoms with Crippen molar-refractivity contribution >= 4 is 31.0 Å². The lowest BCUT2D eigenvalue weighted by molar-refractivity contribution is 0.230. The van der Waals surface area contributed by atoms with Crippen LogP contribution in [0.15, 0.2) is 41.1 Å². The fourth-order valence-corrected chi connectivity index (χ4v) is 1.85. The number of phosphoric acid groups is 1. The molecular formula is C9H9Cl2O4P. The van der Waals surface area contributed by atoms with Crippen molar-refractivity contribution in [3.63, 3.8) is 0 Å². The number of phosphoric ester groups is 1. The Hall–Kier alpha value is -0.670. The van der Waals surface area contributed by atoms with Gasteiger partial charge in [-0.15, -0.1) is 0 Å². The van der Waals surface area contributed by atoms with Crippen LogP contribution in [0.5, 0.6) is 5.75 Å². The van der Waals surface area contributed by atoms with Gasteiger partial charge in [-0.3, -0.25) is 4.52 Å². The SMILES string of the molecule is COP(=O)(OC=C(Cl)Cl)Oc1ccccc1. The minimum atomic E-state index is -3.72. The van der Waals surface area contributed by atoms with Gasteiger partial charge in [0.25, 0.3) is 0 Å². The second-order valence-corrected chi connectivity index (χ2v) is 5.21. The summed E-state index contributed by atoms with van der Waals surface area (Å²) in [4.78, 5) is 0. The van der Waals surface area contributed by atoms with Crippen LogP contribution in [0, 0.1) is 0 Å². The number of halogens is 2. The van der Waals surface area contributed by atoms with Crippen LogP contribution in [-0.4, -0.2) is 7.11 Å². The van der Waals surface area contributed by atoms with Gasteiger partial charge in [-0.2, -0.15) is 0 Å². The highest BCUT2D eigenvalue weighted by atomic mass is 35.5. The predicted molar refractivity (Wildman–Crippen MR) is 62.6 cm³/mol. The molecule has 0 heterocycles. The molecule has 0 N–H and O–H groups in total. The molecule has 1 aromatic carbocycles. The first kappa shape index (κ1) is 13.4. The highest BCUT2D eigenvalue weighted by molar-refractivity contribution is 7.49. The molecule has 4 nitrogen and oxygen atoms in total. The molecule has 0 saturated heterocycles. The monoisotopic (exact) mass is 282 g/mol. The van der Waals surface area contributed by atoms with Crippen molar-refractivity contribution < 1.29 is 18.1 Å². The lowest BCUT2D eigenvalue weighted by Gasteiger charge is -2.14. The van der Waals surface area contributed by atoms with Gasteiger partial charge in [-0.1, -0.05) is 41.4 Å². The van der Waals surface area contributed by atoms with Gasteiger partial charge in [0, 0.05) is 7.11 Å². The fraction of sp³-hybridized carbons (Fsp3) is 0.111. The zero-order valence-corrected chi connectivity index (χ0v) is 10.7. The van der Waals surface area contributed by atoms with E-state index in [-0.39, 0.29) is 4.49 Å². The van der Waals surface area contributed by atoms with Crippen LogP contribution in [0.2, 0.25) is 0 Å². The Bertz CT molecular complexity index is 403. The molecule has 1 rings (SSSR count). The second-order valence-electron chi connectivity index (χ2n) is 2.55. The minimum absolute atomic E-state index is 0.186. The van der Waals surface area contributed by atoms with E-state index in [0.717, 1.165) is 6.26 Å². The standard InChI is InChI=1S/C9H9Cl2O4P/c1-13-16(12,14-7-9(10)11)15-8-5-3-2-4-6-8/h2-7H,1H3. The Kier molecular flexibility index (Phi) is 5.16. The largest absolute Gasteiger partial charge is 0.586 e. The van der Waals surface area contributed by atoms with Crippen LogP contribution in [0.1, 0.15) is 0 Å². The molecule has 1 aromatic rings. The van der Waals surface area contributed by atoms with Gasteiger partial charge in [-0.05, 0) is 12.1 Å². The van der Waals surface area contributed by atoms with E-state index in [4.69, 9.17) is 32.2 Å². The third-order valence-electron chi connectivity index (χ3n) is 1.45. The zero-order valence-electron chi connectivity index (χ0n) is 8.30. The summed E-state index contributed by atoms with van der Waals surface area (Å²) in [6.07, 6.45) is 0.885. The lowest BCUT2D eigenvalue weighted by atomic mass is 10.3. The molecule has 0 aromatic heterocycles. The van der Waals surface area contributed by atoms with Gasteiger partial charge in [0.1, 0.15) is 16.5 Å². The summed E-state index contributed by atoms with van der Waals surface area (Å²) < 4.78 is 26.1. The molecule has 1 atom stereocenters. The van der Waals surface area contributed by atoms with E-state index in [2.05, 4.69) is 4.52 Å². The first-order valence-corrected chi connectivity index (χ1v) is 6.37. The molecule has 88 valence electrons. The Labute approximate surface area is 103 Å². The van der Waals surface area contributed by atoms with E-state index < -0.39 is 7.82 Å². The average molecular weight is 283 g/mol. The van der Waals surface area contributed by atoms with Crippen LogP contribution in [0.25, 0.3) is 0 Å². The van der Waals surface area contributed by atoms with Crippen molar-refractivity contribution in [2.24, 2.45) is 0 Å². The number of hydrogen-bond donors (Lipinski definition) is 0.